The fourth-order valence-corrected chi connectivity index (χ4v) is 4.67. The molecule has 2 saturated heterocycles. The summed E-state index contributed by atoms with van der Waals surface area (Å²) in [5.41, 5.74) is -0.262. The standard InChI is InChI=1S/C21H25F2N3O3/c1-13-12-25(8-9-26(13)15-4-5-16(22)17(23)10-15)20(29)6-7-21(14-2-3-14)18(27)11-19(28)24-21/h4-5,10,13-14H,2-3,6-9,11-12H2,1H3,(H,24,28)/t13-,21-/m0/s1. The summed E-state index contributed by atoms with van der Waals surface area (Å²) in [7, 11) is 0. The zero-order valence-corrected chi connectivity index (χ0v) is 16.4. The Labute approximate surface area is 168 Å². The largest absolute Gasteiger partial charge is 0.365 e. The lowest BCUT2D eigenvalue weighted by Crippen LogP contribution is -2.54. The molecule has 0 unspecified atom stereocenters. The van der Waals surface area contributed by atoms with E-state index in [1.165, 1.54) is 6.07 Å². The van der Waals surface area contributed by atoms with E-state index in [4.69, 9.17) is 0 Å². The van der Waals surface area contributed by atoms with Gasteiger partial charge in [-0.2, -0.15) is 0 Å². The van der Waals surface area contributed by atoms with Crippen molar-refractivity contribution in [1.82, 2.24) is 10.2 Å². The molecule has 3 fully saturated rings. The first-order valence-corrected chi connectivity index (χ1v) is 10.1. The first kappa shape index (κ1) is 19.8. The molecule has 1 aromatic rings. The first-order valence-electron chi connectivity index (χ1n) is 10.1. The minimum atomic E-state index is -0.887. The molecule has 1 aromatic carbocycles. The molecule has 29 heavy (non-hydrogen) atoms. The van der Waals surface area contributed by atoms with Crippen LogP contribution < -0.4 is 10.2 Å². The van der Waals surface area contributed by atoms with E-state index in [9.17, 15) is 23.2 Å². The number of piperazine rings is 1. The third-order valence-electron chi connectivity index (χ3n) is 6.40. The molecule has 1 aliphatic carbocycles. The van der Waals surface area contributed by atoms with Gasteiger partial charge in [0.05, 0.1) is 6.42 Å². The minimum Gasteiger partial charge on any atom is -0.365 e. The van der Waals surface area contributed by atoms with Crippen LogP contribution in [0.3, 0.4) is 0 Å². The lowest BCUT2D eigenvalue weighted by Gasteiger charge is -2.41. The zero-order valence-electron chi connectivity index (χ0n) is 16.4. The summed E-state index contributed by atoms with van der Waals surface area (Å²) in [5, 5.41) is 2.85. The molecule has 2 amide bonds. The molecule has 0 aromatic heterocycles. The molecule has 156 valence electrons. The molecule has 8 heteroatoms. The summed E-state index contributed by atoms with van der Waals surface area (Å²) in [6.07, 6.45) is 2.28. The van der Waals surface area contributed by atoms with Crippen LogP contribution in [0.4, 0.5) is 14.5 Å². The highest BCUT2D eigenvalue weighted by Crippen LogP contribution is 2.45. The number of rotatable bonds is 5. The van der Waals surface area contributed by atoms with Gasteiger partial charge in [-0.15, -0.1) is 0 Å². The van der Waals surface area contributed by atoms with Crippen molar-refractivity contribution >= 4 is 23.3 Å². The van der Waals surface area contributed by atoms with E-state index in [1.807, 2.05) is 11.8 Å². The van der Waals surface area contributed by atoms with Crippen LogP contribution in [-0.4, -0.2) is 53.7 Å². The summed E-state index contributed by atoms with van der Waals surface area (Å²) >= 11 is 0. The van der Waals surface area contributed by atoms with Crippen LogP contribution in [0.1, 0.15) is 39.0 Å². The number of nitrogens with zero attached hydrogens (tertiary/aromatic N) is 2. The predicted molar refractivity (Wildman–Crippen MR) is 102 cm³/mol. The fraction of sp³-hybridized carbons (Fsp3) is 0.571. The maximum Gasteiger partial charge on any atom is 0.228 e. The van der Waals surface area contributed by atoms with Gasteiger partial charge in [-0.1, -0.05) is 0 Å². The third kappa shape index (κ3) is 3.72. The van der Waals surface area contributed by atoms with Crippen molar-refractivity contribution in [2.75, 3.05) is 24.5 Å². The van der Waals surface area contributed by atoms with Gasteiger partial charge in [0.25, 0.3) is 0 Å². The van der Waals surface area contributed by atoms with Crippen molar-refractivity contribution in [1.29, 1.82) is 0 Å². The zero-order chi connectivity index (χ0) is 20.8. The fourth-order valence-electron chi connectivity index (χ4n) is 4.67. The highest BCUT2D eigenvalue weighted by Gasteiger charge is 2.55. The highest BCUT2D eigenvalue weighted by atomic mass is 19.2. The number of ketones is 1. The van der Waals surface area contributed by atoms with E-state index in [-0.39, 0.29) is 42.4 Å². The molecule has 2 atom stereocenters. The van der Waals surface area contributed by atoms with Crippen LogP contribution in [-0.2, 0) is 14.4 Å². The molecule has 1 saturated carbocycles. The average Bonchev–Trinajstić information content (AvgIpc) is 3.48. The Bertz CT molecular complexity index is 858. The van der Waals surface area contributed by atoms with E-state index in [0.29, 0.717) is 31.7 Å². The molecular formula is C21H25F2N3O3. The van der Waals surface area contributed by atoms with Crippen molar-refractivity contribution in [2.45, 2.75) is 50.6 Å². The second-order valence-corrected chi connectivity index (χ2v) is 8.37. The van der Waals surface area contributed by atoms with Crippen LogP contribution in [0.2, 0.25) is 0 Å². The molecule has 6 nitrogen and oxygen atoms in total. The second kappa shape index (κ2) is 7.39. The molecular weight excluding hydrogens is 380 g/mol. The van der Waals surface area contributed by atoms with Gasteiger partial charge in [0, 0.05) is 43.9 Å². The van der Waals surface area contributed by atoms with Gasteiger partial charge >= 0.3 is 0 Å². The van der Waals surface area contributed by atoms with E-state index >= 15 is 0 Å². The number of anilines is 1. The average molecular weight is 405 g/mol. The molecule has 2 heterocycles. The Morgan fingerprint density at radius 1 is 1.21 bits per heavy atom. The third-order valence-corrected chi connectivity index (χ3v) is 6.40. The summed E-state index contributed by atoms with van der Waals surface area (Å²) in [6, 6.07) is 3.78. The van der Waals surface area contributed by atoms with Gasteiger partial charge in [0.1, 0.15) is 5.54 Å². The quantitative estimate of drug-likeness (QED) is 0.761. The number of carbonyl (C=O) groups excluding carboxylic acids is 3. The Hall–Kier alpha value is -2.51. The Morgan fingerprint density at radius 3 is 2.55 bits per heavy atom. The molecule has 3 aliphatic rings. The van der Waals surface area contributed by atoms with Gasteiger partial charge in [0.2, 0.25) is 11.8 Å². The molecule has 0 radical (unpaired) electrons. The Balaban J connectivity index is 1.36. The van der Waals surface area contributed by atoms with Crippen LogP contribution in [0.25, 0.3) is 0 Å². The van der Waals surface area contributed by atoms with Gasteiger partial charge in [-0.05, 0) is 44.2 Å². The maximum absolute atomic E-state index is 13.6. The summed E-state index contributed by atoms with van der Waals surface area (Å²) < 4.78 is 26.7. The van der Waals surface area contributed by atoms with Crippen LogP contribution in [0.5, 0.6) is 0 Å². The summed E-state index contributed by atoms with van der Waals surface area (Å²) in [4.78, 5) is 40.6. The van der Waals surface area contributed by atoms with Crippen molar-refractivity contribution in [3.63, 3.8) is 0 Å². The van der Waals surface area contributed by atoms with Crippen molar-refractivity contribution < 1.29 is 23.2 Å². The molecule has 1 N–H and O–H groups in total. The SMILES string of the molecule is C[C@H]1CN(C(=O)CC[C@@]2(C3CC3)NC(=O)CC2=O)CCN1c1ccc(F)c(F)c1. The Kier molecular flexibility index (Phi) is 5.04. The summed E-state index contributed by atoms with van der Waals surface area (Å²) in [5.74, 6) is -2.00. The van der Waals surface area contributed by atoms with E-state index in [0.717, 1.165) is 18.9 Å². The number of nitrogens with one attached hydrogen (secondary N) is 1. The number of hydrogen-bond acceptors (Lipinski definition) is 4. The van der Waals surface area contributed by atoms with E-state index in [1.54, 1.807) is 11.0 Å². The van der Waals surface area contributed by atoms with Crippen molar-refractivity contribution in [3.8, 4) is 0 Å². The van der Waals surface area contributed by atoms with E-state index in [2.05, 4.69) is 5.32 Å². The molecule has 4 rings (SSSR count). The van der Waals surface area contributed by atoms with Crippen LogP contribution >= 0.6 is 0 Å². The normalized spacial score (nSPS) is 27.3. The minimum absolute atomic E-state index is 0.0456. The molecule has 2 aliphatic heterocycles. The number of halogens is 2. The second-order valence-electron chi connectivity index (χ2n) is 8.37. The molecule has 0 spiro atoms. The highest BCUT2D eigenvalue weighted by molar-refractivity contribution is 6.10. The van der Waals surface area contributed by atoms with Gasteiger partial charge < -0.3 is 15.1 Å². The predicted octanol–water partition coefficient (Wildman–Crippen LogP) is 2.02. The number of benzene rings is 1. The monoisotopic (exact) mass is 405 g/mol. The van der Waals surface area contributed by atoms with Crippen molar-refractivity contribution in [3.05, 3.63) is 29.8 Å². The van der Waals surface area contributed by atoms with Crippen LogP contribution in [0.15, 0.2) is 18.2 Å². The molecule has 0 bridgehead atoms. The number of Topliss-reactive ketones (excluding diaryl/α,β-unsaturated/α-hetero) is 1. The number of amides is 2. The van der Waals surface area contributed by atoms with E-state index < -0.39 is 17.2 Å². The maximum atomic E-state index is 13.6. The first-order chi connectivity index (χ1) is 13.8. The van der Waals surface area contributed by atoms with Gasteiger partial charge in [-0.3, -0.25) is 14.4 Å². The van der Waals surface area contributed by atoms with Gasteiger partial charge in [-0.25, -0.2) is 8.78 Å². The smallest absolute Gasteiger partial charge is 0.228 e. The van der Waals surface area contributed by atoms with Crippen molar-refractivity contribution in [2.24, 2.45) is 5.92 Å². The van der Waals surface area contributed by atoms with Gasteiger partial charge in [0.15, 0.2) is 17.4 Å². The summed E-state index contributed by atoms with van der Waals surface area (Å²) in [6.45, 7) is 3.39. The Morgan fingerprint density at radius 2 is 1.97 bits per heavy atom. The van der Waals surface area contributed by atoms with Crippen LogP contribution in [0, 0.1) is 17.6 Å². The number of hydrogen-bond donors (Lipinski definition) is 1. The topological polar surface area (TPSA) is 69.7 Å². The lowest BCUT2D eigenvalue weighted by atomic mass is 9.85. The lowest BCUT2D eigenvalue weighted by molar-refractivity contribution is -0.133. The number of carbonyl (C=O) groups is 3.